The first-order valence-electron chi connectivity index (χ1n) is 7.28. The smallest absolute Gasteiger partial charge is 0.244 e. The molecule has 0 amide bonds. The number of unbranched alkanes of at least 4 members (excludes halogenated alkanes) is 1. The van der Waals surface area contributed by atoms with Gasteiger partial charge in [0.1, 0.15) is 0 Å². The summed E-state index contributed by atoms with van der Waals surface area (Å²) in [4.78, 5) is 34.7. The van der Waals surface area contributed by atoms with Crippen LogP contribution in [-0.4, -0.2) is 54.3 Å². The minimum Gasteiger partial charge on any atom is -0.436 e. The van der Waals surface area contributed by atoms with E-state index in [0.29, 0.717) is 24.6 Å². The van der Waals surface area contributed by atoms with Gasteiger partial charge in [-0.05, 0) is 33.5 Å². The van der Waals surface area contributed by atoms with Gasteiger partial charge in [0, 0.05) is 13.0 Å². The van der Waals surface area contributed by atoms with Crippen LogP contribution in [-0.2, 0) is 6.42 Å². The Hall–Kier alpha value is -1.82. The molecule has 2 rings (SSSR count). The van der Waals surface area contributed by atoms with Crippen molar-refractivity contribution in [1.82, 2.24) is 9.88 Å². The molecule has 1 aromatic rings. The first-order valence-corrected chi connectivity index (χ1v) is 7.28. The Bertz CT molecular complexity index is 573. The topological polar surface area (TPSA) is 75.8 Å². The van der Waals surface area contributed by atoms with Crippen LogP contribution in [0.3, 0.4) is 0 Å². The Balaban J connectivity index is 2.03. The summed E-state index contributed by atoms with van der Waals surface area (Å²) >= 11 is 0. The molecule has 0 aliphatic heterocycles. The normalized spacial score (nSPS) is 16.9. The minimum atomic E-state index is -0.288. The number of oxazole rings is 1. The molecule has 0 aromatic carbocycles. The molecule has 0 fully saturated rings. The average Bonchev–Trinajstić information content (AvgIpc) is 2.88. The molecule has 1 aromatic heterocycles. The molecule has 6 nitrogen and oxygen atoms in total. The van der Waals surface area contributed by atoms with Gasteiger partial charge >= 0.3 is 0 Å². The lowest BCUT2D eigenvalue weighted by atomic mass is 9.97. The van der Waals surface area contributed by atoms with E-state index < -0.39 is 0 Å². The highest BCUT2D eigenvalue weighted by molar-refractivity contribution is 6.51. The van der Waals surface area contributed by atoms with E-state index in [2.05, 4.69) is 14.9 Å². The molecule has 0 radical (unpaired) electrons. The first-order chi connectivity index (χ1) is 10.0. The molecule has 0 N–H and O–H groups in total. The van der Waals surface area contributed by atoms with Gasteiger partial charge in [0.05, 0.1) is 12.1 Å². The van der Waals surface area contributed by atoms with Gasteiger partial charge in [-0.2, -0.15) is 0 Å². The van der Waals surface area contributed by atoms with Crippen molar-refractivity contribution in [3.05, 3.63) is 17.3 Å². The van der Waals surface area contributed by atoms with Crippen molar-refractivity contribution in [2.75, 3.05) is 27.2 Å². The van der Waals surface area contributed by atoms with E-state index in [1.807, 2.05) is 21.0 Å². The second-order valence-corrected chi connectivity index (χ2v) is 5.41. The number of rotatable bonds is 6. The third-order valence-electron chi connectivity index (χ3n) is 3.35. The van der Waals surface area contributed by atoms with Crippen molar-refractivity contribution in [2.24, 2.45) is 4.99 Å². The van der Waals surface area contributed by atoms with Gasteiger partial charge in [-0.25, -0.2) is 4.98 Å². The van der Waals surface area contributed by atoms with E-state index in [4.69, 9.17) is 4.42 Å². The second-order valence-electron chi connectivity index (χ2n) is 5.41. The predicted octanol–water partition coefficient (Wildman–Crippen LogP) is 1.79. The van der Waals surface area contributed by atoms with Gasteiger partial charge in [0.25, 0.3) is 0 Å². The Morgan fingerprint density at radius 2 is 2.05 bits per heavy atom. The zero-order valence-electron chi connectivity index (χ0n) is 12.8. The lowest BCUT2D eigenvalue weighted by Crippen LogP contribution is -2.26. The number of carbonyl (C=O) groups excluding carboxylic acids is 2. The molecule has 1 aliphatic rings. The van der Waals surface area contributed by atoms with Crippen molar-refractivity contribution in [3.63, 3.8) is 0 Å². The number of hydrogen-bond acceptors (Lipinski definition) is 6. The van der Waals surface area contributed by atoms with Crippen LogP contribution in [0.25, 0.3) is 0 Å². The van der Waals surface area contributed by atoms with Gasteiger partial charge in [-0.3, -0.25) is 14.6 Å². The summed E-state index contributed by atoms with van der Waals surface area (Å²) in [6.45, 7) is 3.42. The van der Waals surface area contributed by atoms with E-state index >= 15 is 0 Å². The third-order valence-corrected chi connectivity index (χ3v) is 3.35. The average molecular weight is 291 g/mol. The summed E-state index contributed by atoms with van der Waals surface area (Å²) < 4.78 is 5.36. The van der Waals surface area contributed by atoms with Gasteiger partial charge in [0.15, 0.2) is 17.4 Å². The van der Waals surface area contributed by atoms with Crippen LogP contribution in [0.2, 0.25) is 0 Å². The Labute approximate surface area is 124 Å². The first kappa shape index (κ1) is 15.6. The maximum absolute atomic E-state index is 12.2. The number of hydrogen-bond donors (Lipinski definition) is 0. The summed E-state index contributed by atoms with van der Waals surface area (Å²) in [6.07, 6.45) is 2.51. The van der Waals surface area contributed by atoms with Gasteiger partial charge in [-0.15, -0.1) is 0 Å². The van der Waals surface area contributed by atoms with Crippen molar-refractivity contribution in [1.29, 1.82) is 0 Å². The number of aromatic nitrogens is 1. The fraction of sp³-hybridized carbons (Fsp3) is 0.600. The highest BCUT2D eigenvalue weighted by Crippen LogP contribution is 2.21. The van der Waals surface area contributed by atoms with Crippen LogP contribution >= 0.6 is 0 Å². The van der Waals surface area contributed by atoms with Crippen LogP contribution in [0.15, 0.2) is 9.41 Å². The lowest BCUT2D eigenvalue weighted by molar-refractivity contribution is 0.0949. The van der Waals surface area contributed by atoms with E-state index in [-0.39, 0.29) is 29.4 Å². The van der Waals surface area contributed by atoms with Crippen molar-refractivity contribution in [3.8, 4) is 0 Å². The Kier molecular flexibility index (Phi) is 5.01. The number of ketones is 2. The minimum absolute atomic E-state index is 0.0369. The summed E-state index contributed by atoms with van der Waals surface area (Å²) in [5, 5.41) is 0. The largest absolute Gasteiger partial charge is 0.436 e. The van der Waals surface area contributed by atoms with E-state index in [1.165, 1.54) is 0 Å². The maximum atomic E-state index is 12.2. The van der Waals surface area contributed by atoms with Gasteiger partial charge in [0.2, 0.25) is 11.5 Å². The molecule has 21 heavy (non-hydrogen) atoms. The second kappa shape index (κ2) is 6.76. The standard InChI is InChI=1S/C15H21N3O3/c1-4-12-17-13-11(19)9-10(14(20)15(13)21-12)16-7-5-6-8-18(2)3/h4-9H2,1-3H3. The number of carbonyl (C=O) groups is 2. The van der Waals surface area contributed by atoms with Crippen molar-refractivity contribution < 1.29 is 14.0 Å². The van der Waals surface area contributed by atoms with Crippen molar-refractivity contribution in [2.45, 2.75) is 32.6 Å². The molecule has 6 heteroatoms. The van der Waals surface area contributed by atoms with Crippen molar-refractivity contribution >= 4 is 17.3 Å². The van der Waals surface area contributed by atoms with E-state index in [0.717, 1.165) is 19.4 Å². The third kappa shape index (κ3) is 3.64. The number of aliphatic imine (C=N–C) groups is 1. The predicted molar refractivity (Wildman–Crippen MR) is 79.2 cm³/mol. The van der Waals surface area contributed by atoms with Gasteiger partial charge < -0.3 is 9.32 Å². The maximum Gasteiger partial charge on any atom is 0.244 e. The molecule has 1 heterocycles. The monoisotopic (exact) mass is 291 g/mol. The molecular formula is C15H21N3O3. The molecule has 0 spiro atoms. The number of fused-ring (bicyclic) bond motifs is 1. The zero-order chi connectivity index (χ0) is 15.4. The van der Waals surface area contributed by atoms with Crippen LogP contribution in [0.1, 0.15) is 53.1 Å². The summed E-state index contributed by atoms with van der Waals surface area (Å²) in [7, 11) is 4.04. The molecule has 0 saturated heterocycles. The fourth-order valence-electron chi connectivity index (χ4n) is 2.19. The number of aryl methyl sites for hydroxylation is 1. The van der Waals surface area contributed by atoms with E-state index in [9.17, 15) is 9.59 Å². The molecule has 0 bridgehead atoms. The summed E-state index contributed by atoms with van der Waals surface area (Å²) in [6, 6.07) is 0. The Morgan fingerprint density at radius 3 is 2.71 bits per heavy atom. The quantitative estimate of drug-likeness (QED) is 0.747. The molecular weight excluding hydrogens is 270 g/mol. The molecule has 114 valence electrons. The molecule has 0 saturated carbocycles. The number of Topliss-reactive ketones (excluding diaryl/α,β-unsaturated/α-hetero) is 2. The SMILES string of the molecule is CCc1nc2c(o1)C(=O)C(=NCCCCN(C)C)CC2=O. The summed E-state index contributed by atoms with van der Waals surface area (Å²) in [5.41, 5.74) is 0.472. The molecule has 0 unspecified atom stereocenters. The lowest BCUT2D eigenvalue weighted by Gasteiger charge is -2.10. The van der Waals surface area contributed by atoms with Crippen LogP contribution < -0.4 is 0 Å². The van der Waals surface area contributed by atoms with E-state index in [1.54, 1.807) is 0 Å². The molecule has 0 atom stereocenters. The molecule has 1 aliphatic carbocycles. The fourth-order valence-corrected chi connectivity index (χ4v) is 2.19. The van der Waals surface area contributed by atoms with Crippen LogP contribution in [0.5, 0.6) is 0 Å². The Morgan fingerprint density at radius 1 is 1.29 bits per heavy atom. The highest BCUT2D eigenvalue weighted by atomic mass is 16.4. The zero-order valence-corrected chi connectivity index (χ0v) is 12.8. The van der Waals surface area contributed by atoms with Crippen LogP contribution in [0.4, 0.5) is 0 Å². The summed E-state index contributed by atoms with van der Waals surface area (Å²) in [5.74, 6) is 0.0218. The van der Waals surface area contributed by atoms with Crippen LogP contribution in [0, 0.1) is 0 Å². The van der Waals surface area contributed by atoms with Gasteiger partial charge in [-0.1, -0.05) is 6.92 Å². The number of nitrogens with zero attached hydrogens (tertiary/aromatic N) is 3. The highest BCUT2D eigenvalue weighted by Gasteiger charge is 2.34.